The summed E-state index contributed by atoms with van der Waals surface area (Å²) in [4.78, 5) is 5.51. The largest absolute Gasteiger partial charge is 0.378 e. The molecule has 3 heteroatoms. The Balaban J connectivity index is 1.99. The second-order valence-corrected chi connectivity index (χ2v) is 7.16. The van der Waals surface area contributed by atoms with Crippen LogP contribution in [0, 0.1) is 0 Å². The van der Waals surface area contributed by atoms with Crippen LogP contribution >= 0.6 is 11.3 Å². The highest BCUT2D eigenvalue weighted by Gasteiger charge is 2.43. The molecule has 2 nitrogen and oxygen atoms in total. The van der Waals surface area contributed by atoms with Gasteiger partial charge >= 0.3 is 0 Å². The minimum Gasteiger partial charge on any atom is -0.378 e. The van der Waals surface area contributed by atoms with Crippen LogP contribution in [0.2, 0.25) is 0 Å². The minimum absolute atomic E-state index is 0.314. The summed E-state index contributed by atoms with van der Waals surface area (Å²) in [5.74, 6) is -0.314. The van der Waals surface area contributed by atoms with E-state index in [1.54, 1.807) is 17.5 Å². The van der Waals surface area contributed by atoms with Gasteiger partial charge in [-0.3, -0.25) is 4.98 Å². The fourth-order valence-electron chi connectivity index (χ4n) is 3.46. The van der Waals surface area contributed by atoms with Gasteiger partial charge < -0.3 is 5.11 Å². The Hall–Kier alpha value is -2.75. The number of thiophene rings is 1. The van der Waals surface area contributed by atoms with Crippen LogP contribution in [0.15, 0.2) is 103 Å². The number of nitrogens with zero attached hydrogens (tertiary/aromatic N) is 1. The number of hydrogen-bond donors (Lipinski definition) is 1. The van der Waals surface area contributed by atoms with Crippen LogP contribution in [0.4, 0.5) is 0 Å². The monoisotopic (exact) mass is 357 g/mol. The summed E-state index contributed by atoms with van der Waals surface area (Å²) in [6, 6.07) is 29.8. The van der Waals surface area contributed by atoms with Crippen LogP contribution in [0.3, 0.4) is 0 Å². The summed E-state index contributed by atoms with van der Waals surface area (Å²) in [6.07, 6.45) is 1.78. The van der Waals surface area contributed by atoms with Crippen molar-refractivity contribution in [2.75, 3.05) is 0 Å². The standard InChI is InChI=1S/C23H19NOS/c25-23(21-15-9-17-26-21,19-12-5-2-6-13-19)22(18-10-3-1-4-11-18)20-14-7-8-16-24-20/h1-17,22,25H. The molecule has 0 aliphatic carbocycles. The summed E-state index contributed by atoms with van der Waals surface area (Å²) in [6.45, 7) is 0. The zero-order valence-corrected chi connectivity index (χ0v) is 15.0. The van der Waals surface area contributed by atoms with Crippen molar-refractivity contribution in [2.24, 2.45) is 0 Å². The van der Waals surface area contributed by atoms with Crippen LogP contribution in [-0.2, 0) is 5.60 Å². The topological polar surface area (TPSA) is 33.1 Å². The molecule has 26 heavy (non-hydrogen) atoms. The lowest BCUT2D eigenvalue weighted by Crippen LogP contribution is -2.35. The minimum atomic E-state index is -1.20. The van der Waals surface area contributed by atoms with E-state index < -0.39 is 5.60 Å². The number of pyridine rings is 1. The van der Waals surface area contributed by atoms with Gasteiger partial charge in [-0.05, 0) is 34.7 Å². The molecule has 2 unspecified atom stereocenters. The van der Waals surface area contributed by atoms with Gasteiger partial charge in [0.25, 0.3) is 0 Å². The van der Waals surface area contributed by atoms with E-state index in [1.165, 1.54) is 0 Å². The molecule has 0 aliphatic heterocycles. The first kappa shape index (κ1) is 16.7. The Morgan fingerprint density at radius 2 is 1.46 bits per heavy atom. The van der Waals surface area contributed by atoms with Gasteiger partial charge in [-0.15, -0.1) is 11.3 Å². The third-order valence-electron chi connectivity index (χ3n) is 4.64. The van der Waals surface area contributed by atoms with Crippen LogP contribution in [0.1, 0.15) is 27.6 Å². The van der Waals surface area contributed by atoms with E-state index in [2.05, 4.69) is 17.1 Å². The molecule has 0 spiro atoms. The Morgan fingerprint density at radius 1 is 0.769 bits per heavy atom. The molecule has 0 saturated carbocycles. The first-order chi connectivity index (χ1) is 12.8. The van der Waals surface area contributed by atoms with Gasteiger partial charge in [0.2, 0.25) is 0 Å². The third-order valence-corrected chi connectivity index (χ3v) is 5.64. The summed E-state index contributed by atoms with van der Waals surface area (Å²) < 4.78 is 0. The van der Waals surface area contributed by atoms with E-state index in [9.17, 15) is 5.11 Å². The normalized spacial score (nSPS) is 14.5. The van der Waals surface area contributed by atoms with Crippen molar-refractivity contribution >= 4 is 11.3 Å². The van der Waals surface area contributed by atoms with Gasteiger partial charge in [-0.25, -0.2) is 0 Å². The van der Waals surface area contributed by atoms with E-state index in [0.29, 0.717) is 0 Å². The average molecular weight is 357 g/mol. The maximum absolute atomic E-state index is 12.2. The quantitative estimate of drug-likeness (QED) is 0.532. The van der Waals surface area contributed by atoms with Crippen molar-refractivity contribution in [3.63, 3.8) is 0 Å². The Bertz CT molecular complexity index is 900. The number of benzene rings is 2. The molecule has 1 N–H and O–H groups in total. The van der Waals surface area contributed by atoms with Crippen LogP contribution in [0.25, 0.3) is 0 Å². The Morgan fingerprint density at radius 3 is 2.08 bits per heavy atom. The molecule has 2 heterocycles. The molecule has 4 rings (SSSR count). The van der Waals surface area contributed by atoms with Crippen LogP contribution in [-0.4, -0.2) is 10.1 Å². The molecule has 2 atom stereocenters. The lowest BCUT2D eigenvalue weighted by Gasteiger charge is -2.36. The van der Waals surface area contributed by atoms with Gasteiger partial charge in [0.15, 0.2) is 0 Å². The van der Waals surface area contributed by atoms with Gasteiger partial charge in [0.05, 0.1) is 11.6 Å². The Labute approximate surface area is 157 Å². The second-order valence-electron chi connectivity index (χ2n) is 6.21. The maximum atomic E-state index is 12.2. The molecule has 2 aromatic heterocycles. The van der Waals surface area contributed by atoms with Gasteiger partial charge in [0, 0.05) is 11.1 Å². The third kappa shape index (κ3) is 2.96. The molecule has 0 amide bonds. The molecule has 0 aliphatic rings. The summed E-state index contributed by atoms with van der Waals surface area (Å²) >= 11 is 1.56. The van der Waals surface area contributed by atoms with E-state index in [1.807, 2.05) is 84.2 Å². The molecule has 0 bridgehead atoms. The first-order valence-electron chi connectivity index (χ1n) is 8.58. The zero-order valence-electron chi connectivity index (χ0n) is 14.2. The summed E-state index contributed by atoms with van der Waals surface area (Å²) in [5, 5.41) is 14.2. The fourth-order valence-corrected chi connectivity index (χ4v) is 4.33. The molecule has 4 aromatic rings. The highest BCUT2D eigenvalue weighted by atomic mass is 32.1. The van der Waals surface area contributed by atoms with Gasteiger partial charge in [-0.1, -0.05) is 72.8 Å². The van der Waals surface area contributed by atoms with E-state index in [4.69, 9.17) is 0 Å². The molecular weight excluding hydrogens is 338 g/mol. The predicted octanol–water partition coefficient (Wildman–Crippen LogP) is 5.21. The van der Waals surface area contributed by atoms with Gasteiger partial charge in [-0.2, -0.15) is 0 Å². The van der Waals surface area contributed by atoms with E-state index in [-0.39, 0.29) is 5.92 Å². The zero-order chi connectivity index (χ0) is 17.8. The smallest absolute Gasteiger partial charge is 0.136 e. The van der Waals surface area contributed by atoms with Crippen molar-refractivity contribution in [3.8, 4) is 0 Å². The highest BCUT2D eigenvalue weighted by molar-refractivity contribution is 7.10. The Kier molecular flexibility index (Phi) is 4.65. The van der Waals surface area contributed by atoms with E-state index in [0.717, 1.165) is 21.7 Å². The predicted molar refractivity (Wildman–Crippen MR) is 106 cm³/mol. The summed E-state index contributed by atoms with van der Waals surface area (Å²) in [5.41, 5.74) is 1.54. The van der Waals surface area contributed by atoms with Crippen molar-refractivity contribution in [3.05, 3.63) is 124 Å². The number of rotatable bonds is 5. The molecule has 0 fully saturated rings. The number of hydrogen-bond acceptors (Lipinski definition) is 3. The van der Waals surface area contributed by atoms with Gasteiger partial charge in [0.1, 0.15) is 5.60 Å². The lowest BCUT2D eigenvalue weighted by atomic mass is 9.74. The van der Waals surface area contributed by atoms with Crippen LogP contribution in [0.5, 0.6) is 0 Å². The molecule has 0 radical (unpaired) electrons. The van der Waals surface area contributed by atoms with Crippen molar-refractivity contribution in [1.82, 2.24) is 4.98 Å². The first-order valence-corrected chi connectivity index (χ1v) is 9.46. The van der Waals surface area contributed by atoms with Crippen molar-refractivity contribution in [1.29, 1.82) is 0 Å². The van der Waals surface area contributed by atoms with Crippen molar-refractivity contribution in [2.45, 2.75) is 11.5 Å². The molecule has 128 valence electrons. The maximum Gasteiger partial charge on any atom is 0.136 e. The molecule has 2 aromatic carbocycles. The lowest BCUT2D eigenvalue weighted by molar-refractivity contribution is 0.0650. The average Bonchev–Trinajstić information content (AvgIpc) is 3.26. The van der Waals surface area contributed by atoms with E-state index >= 15 is 0 Å². The molecule has 0 saturated heterocycles. The number of aliphatic hydroxyl groups is 1. The second kappa shape index (κ2) is 7.24. The molecular formula is C23H19NOS. The highest BCUT2D eigenvalue weighted by Crippen LogP contribution is 2.47. The van der Waals surface area contributed by atoms with Crippen molar-refractivity contribution < 1.29 is 5.11 Å². The fraction of sp³-hybridized carbons (Fsp3) is 0.0870. The number of aromatic nitrogens is 1. The van der Waals surface area contributed by atoms with Crippen LogP contribution < -0.4 is 0 Å². The summed E-state index contributed by atoms with van der Waals surface area (Å²) in [7, 11) is 0. The SMILES string of the molecule is OC(c1ccccc1)(c1cccs1)C(c1ccccc1)c1ccccn1.